The second kappa shape index (κ2) is 10.9. The maximum atomic E-state index is 5.10. The second-order valence-corrected chi connectivity index (χ2v) is 12.4. The van der Waals surface area contributed by atoms with Crippen LogP contribution in [0.2, 0.25) is 0 Å². The number of pyridine rings is 1. The second-order valence-electron chi connectivity index (χ2n) is 12.4. The van der Waals surface area contributed by atoms with Gasteiger partial charge in [0.25, 0.3) is 0 Å². The molecule has 45 heavy (non-hydrogen) atoms. The molecule has 0 N–H and O–H groups in total. The number of fused-ring (bicyclic) bond motifs is 3. The van der Waals surface area contributed by atoms with E-state index in [1.54, 1.807) is 0 Å². The Morgan fingerprint density at radius 1 is 0.333 bits per heavy atom. The van der Waals surface area contributed by atoms with E-state index in [0.717, 1.165) is 28.1 Å². The van der Waals surface area contributed by atoms with Gasteiger partial charge in [-0.15, -0.1) is 0 Å². The summed E-state index contributed by atoms with van der Waals surface area (Å²) >= 11 is 0. The van der Waals surface area contributed by atoms with Gasteiger partial charge in [0.1, 0.15) is 0 Å². The molecule has 7 aromatic rings. The zero-order valence-electron chi connectivity index (χ0n) is 25.5. The molecule has 0 amide bonds. The molecule has 0 saturated heterocycles. The summed E-state index contributed by atoms with van der Waals surface area (Å²) in [5.74, 6) is 0. The van der Waals surface area contributed by atoms with E-state index in [2.05, 4.69) is 172 Å². The molecule has 1 aromatic heterocycles. The molecule has 0 atom stereocenters. The largest absolute Gasteiger partial charge is 0.248 e. The van der Waals surface area contributed by atoms with Crippen molar-refractivity contribution in [2.24, 2.45) is 0 Å². The lowest BCUT2D eigenvalue weighted by atomic mass is 9.81. The molecule has 1 heteroatoms. The Kier molecular flexibility index (Phi) is 6.54. The van der Waals surface area contributed by atoms with Crippen molar-refractivity contribution in [1.82, 2.24) is 4.98 Å². The minimum Gasteiger partial charge on any atom is -0.248 e. The minimum absolute atomic E-state index is 0.000946. The molecule has 0 spiro atoms. The fourth-order valence-electron chi connectivity index (χ4n) is 6.80. The molecule has 1 aliphatic rings. The van der Waals surface area contributed by atoms with Crippen molar-refractivity contribution in [2.75, 3.05) is 0 Å². The van der Waals surface area contributed by atoms with E-state index in [4.69, 9.17) is 4.98 Å². The van der Waals surface area contributed by atoms with Crippen LogP contribution in [0.1, 0.15) is 25.0 Å². The first-order chi connectivity index (χ1) is 22.0. The SMILES string of the molecule is CC1(C)c2ccccc2-c2ccc(-c3ccc(-c4ccc(-c5cc(-c6ccccc6)cc(-c6ccccc6)n5)cc4)cc3)cc21. The number of rotatable bonds is 5. The Labute approximate surface area is 265 Å². The van der Waals surface area contributed by atoms with Gasteiger partial charge >= 0.3 is 0 Å². The first-order valence-corrected chi connectivity index (χ1v) is 15.6. The van der Waals surface area contributed by atoms with Crippen molar-refractivity contribution < 1.29 is 0 Å². The fraction of sp³-hybridized carbons (Fsp3) is 0.0682. The van der Waals surface area contributed by atoms with Crippen molar-refractivity contribution in [3.05, 3.63) is 175 Å². The molecule has 0 saturated carbocycles. The normalized spacial score (nSPS) is 12.8. The Balaban J connectivity index is 1.09. The third-order valence-corrected chi connectivity index (χ3v) is 9.32. The van der Waals surface area contributed by atoms with E-state index < -0.39 is 0 Å². The maximum Gasteiger partial charge on any atom is 0.0715 e. The molecule has 0 aliphatic heterocycles. The number of benzene rings is 6. The van der Waals surface area contributed by atoms with Crippen molar-refractivity contribution >= 4 is 0 Å². The molecule has 1 nitrogen and oxygen atoms in total. The summed E-state index contributed by atoms with van der Waals surface area (Å²) in [6.07, 6.45) is 0. The molecule has 1 aliphatic carbocycles. The summed E-state index contributed by atoms with van der Waals surface area (Å²) in [6, 6.07) is 58.9. The van der Waals surface area contributed by atoms with Crippen LogP contribution in [0.25, 0.3) is 67.0 Å². The zero-order chi connectivity index (χ0) is 30.4. The smallest absolute Gasteiger partial charge is 0.0715 e. The molecule has 0 bridgehead atoms. The van der Waals surface area contributed by atoms with E-state index in [1.807, 2.05) is 6.07 Å². The van der Waals surface area contributed by atoms with Crippen LogP contribution in [0.5, 0.6) is 0 Å². The van der Waals surface area contributed by atoms with Gasteiger partial charge in [-0.1, -0.05) is 159 Å². The van der Waals surface area contributed by atoms with Gasteiger partial charge in [0.05, 0.1) is 11.4 Å². The Bertz CT molecular complexity index is 2080. The quantitative estimate of drug-likeness (QED) is 0.199. The molecular formula is C44H33N. The van der Waals surface area contributed by atoms with Crippen molar-refractivity contribution in [3.63, 3.8) is 0 Å². The third kappa shape index (κ3) is 4.87. The minimum atomic E-state index is 0.000946. The van der Waals surface area contributed by atoms with Crippen LogP contribution in [-0.2, 0) is 5.41 Å². The predicted molar refractivity (Wildman–Crippen MR) is 189 cm³/mol. The van der Waals surface area contributed by atoms with Crippen molar-refractivity contribution in [1.29, 1.82) is 0 Å². The summed E-state index contributed by atoms with van der Waals surface area (Å²) < 4.78 is 0. The van der Waals surface area contributed by atoms with Crippen LogP contribution < -0.4 is 0 Å². The number of hydrogen-bond donors (Lipinski definition) is 0. The lowest BCUT2D eigenvalue weighted by Crippen LogP contribution is -2.14. The average Bonchev–Trinajstić information content (AvgIpc) is 3.34. The highest BCUT2D eigenvalue weighted by Crippen LogP contribution is 2.49. The molecule has 0 unspecified atom stereocenters. The molecule has 0 fully saturated rings. The monoisotopic (exact) mass is 575 g/mol. The van der Waals surface area contributed by atoms with Gasteiger partial charge < -0.3 is 0 Å². The third-order valence-electron chi connectivity index (χ3n) is 9.32. The van der Waals surface area contributed by atoms with Gasteiger partial charge in [0, 0.05) is 16.5 Å². The average molecular weight is 576 g/mol. The first-order valence-electron chi connectivity index (χ1n) is 15.6. The van der Waals surface area contributed by atoms with Gasteiger partial charge in [0.2, 0.25) is 0 Å². The summed E-state index contributed by atoms with van der Waals surface area (Å²) in [6.45, 7) is 4.67. The van der Waals surface area contributed by atoms with E-state index in [1.165, 1.54) is 50.1 Å². The lowest BCUT2D eigenvalue weighted by molar-refractivity contribution is 0.660. The fourth-order valence-corrected chi connectivity index (χ4v) is 6.80. The highest BCUT2D eigenvalue weighted by Gasteiger charge is 2.35. The van der Waals surface area contributed by atoms with E-state index in [9.17, 15) is 0 Å². The highest BCUT2D eigenvalue weighted by atomic mass is 14.7. The van der Waals surface area contributed by atoms with Gasteiger partial charge in [-0.05, 0) is 73.8 Å². The number of nitrogens with zero attached hydrogens (tertiary/aromatic N) is 1. The molecular weight excluding hydrogens is 542 g/mol. The molecule has 8 rings (SSSR count). The van der Waals surface area contributed by atoms with Gasteiger partial charge in [-0.25, -0.2) is 4.98 Å². The van der Waals surface area contributed by atoms with E-state index in [-0.39, 0.29) is 5.41 Å². The Morgan fingerprint density at radius 3 is 1.38 bits per heavy atom. The topological polar surface area (TPSA) is 12.9 Å². The number of hydrogen-bond acceptors (Lipinski definition) is 1. The predicted octanol–water partition coefficient (Wildman–Crippen LogP) is 11.7. The number of aromatic nitrogens is 1. The summed E-state index contributed by atoms with van der Waals surface area (Å²) in [7, 11) is 0. The summed E-state index contributed by atoms with van der Waals surface area (Å²) in [5.41, 5.74) is 16.9. The van der Waals surface area contributed by atoms with Crippen LogP contribution in [0.4, 0.5) is 0 Å². The van der Waals surface area contributed by atoms with Crippen LogP contribution >= 0.6 is 0 Å². The van der Waals surface area contributed by atoms with E-state index >= 15 is 0 Å². The van der Waals surface area contributed by atoms with Crippen LogP contribution in [0.3, 0.4) is 0 Å². The summed E-state index contributed by atoms with van der Waals surface area (Å²) in [5, 5.41) is 0. The van der Waals surface area contributed by atoms with Crippen molar-refractivity contribution in [2.45, 2.75) is 19.3 Å². The maximum absolute atomic E-state index is 5.10. The summed E-state index contributed by atoms with van der Waals surface area (Å²) in [4.78, 5) is 5.10. The van der Waals surface area contributed by atoms with Gasteiger partial charge in [-0.2, -0.15) is 0 Å². The zero-order valence-corrected chi connectivity index (χ0v) is 25.5. The molecule has 6 aromatic carbocycles. The Hall–Kier alpha value is -5.53. The lowest BCUT2D eigenvalue weighted by Gasteiger charge is -2.22. The molecule has 0 radical (unpaired) electrons. The Morgan fingerprint density at radius 2 is 0.756 bits per heavy atom. The van der Waals surface area contributed by atoms with E-state index in [0.29, 0.717) is 0 Å². The first kappa shape index (κ1) is 27.0. The van der Waals surface area contributed by atoms with Crippen LogP contribution in [0, 0.1) is 0 Å². The van der Waals surface area contributed by atoms with Gasteiger partial charge in [0.15, 0.2) is 0 Å². The standard InChI is InChI=1S/C44H33N/c1-44(2)40-16-10-9-15-38(40)39-26-25-36(27-41(39)44)33-19-17-31(18-20-33)32-21-23-35(24-22-32)43-29-37(30-11-5-3-6-12-30)28-42(45-43)34-13-7-4-8-14-34/h3-29H,1-2H3. The van der Waals surface area contributed by atoms with Crippen LogP contribution in [0.15, 0.2) is 164 Å². The molecule has 214 valence electrons. The van der Waals surface area contributed by atoms with Gasteiger partial charge in [-0.3, -0.25) is 0 Å². The van der Waals surface area contributed by atoms with Crippen molar-refractivity contribution in [3.8, 4) is 67.0 Å². The molecule has 1 heterocycles. The van der Waals surface area contributed by atoms with Crippen LogP contribution in [-0.4, -0.2) is 4.98 Å². The highest BCUT2D eigenvalue weighted by molar-refractivity contribution is 5.84.